The molecule has 1 aromatic carbocycles. The van der Waals surface area contributed by atoms with E-state index in [1.807, 2.05) is 11.4 Å². The number of hydrogen-bond acceptors (Lipinski definition) is 4. The van der Waals surface area contributed by atoms with E-state index in [1.165, 1.54) is 22.7 Å². The molecule has 0 bridgehead atoms. The summed E-state index contributed by atoms with van der Waals surface area (Å²) in [6.07, 6.45) is 1.14. The predicted octanol–water partition coefficient (Wildman–Crippen LogP) is 2.40. The first-order chi connectivity index (χ1) is 9.38. The van der Waals surface area contributed by atoms with Crippen LogP contribution in [0, 0.1) is 0 Å². The molecule has 0 radical (unpaired) electrons. The van der Waals surface area contributed by atoms with Gasteiger partial charge in [-0.05, 0) is 35.7 Å². The number of amides is 1. The Morgan fingerprint density at radius 2 is 1.85 bits per heavy atom. The lowest BCUT2D eigenvalue weighted by Crippen LogP contribution is -2.24. The predicted molar refractivity (Wildman–Crippen MR) is 82.0 cm³/mol. The van der Waals surface area contributed by atoms with E-state index in [1.54, 1.807) is 30.3 Å². The summed E-state index contributed by atoms with van der Waals surface area (Å²) in [7, 11) is -1.80. The molecule has 2 rings (SSSR count). The summed E-state index contributed by atoms with van der Waals surface area (Å²) in [4.78, 5) is 12.5. The van der Waals surface area contributed by atoms with E-state index in [0.29, 0.717) is 16.3 Å². The Hall–Kier alpha value is -1.86. The van der Waals surface area contributed by atoms with Crippen molar-refractivity contribution >= 4 is 38.6 Å². The molecule has 1 heterocycles. The van der Waals surface area contributed by atoms with Gasteiger partial charge in [-0.25, -0.2) is 8.42 Å². The van der Waals surface area contributed by atoms with Crippen LogP contribution in [0.4, 0.5) is 11.4 Å². The molecule has 0 saturated heterocycles. The number of thiophene rings is 1. The van der Waals surface area contributed by atoms with Gasteiger partial charge < -0.3 is 5.32 Å². The number of sulfonamides is 1. The monoisotopic (exact) mass is 310 g/mol. The summed E-state index contributed by atoms with van der Waals surface area (Å²) in [5, 5.41) is 4.59. The zero-order valence-corrected chi connectivity index (χ0v) is 12.7. The summed E-state index contributed by atoms with van der Waals surface area (Å²) in [6.45, 7) is 0. The lowest BCUT2D eigenvalue weighted by molar-refractivity contribution is 0.103. The summed E-state index contributed by atoms with van der Waals surface area (Å²) >= 11 is 1.36. The van der Waals surface area contributed by atoms with Crippen molar-refractivity contribution in [3.63, 3.8) is 0 Å². The summed E-state index contributed by atoms with van der Waals surface area (Å²) in [5.41, 5.74) is 1.16. The zero-order valence-electron chi connectivity index (χ0n) is 11.0. The molecule has 0 aliphatic rings. The largest absolute Gasteiger partial charge is 0.321 e. The minimum absolute atomic E-state index is 0.177. The first-order valence-corrected chi connectivity index (χ1v) is 8.49. The molecule has 0 unspecified atom stereocenters. The summed E-state index contributed by atoms with van der Waals surface area (Å²) in [6, 6.07) is 10.2. The van der Waals surface area contributed by atoms with Gasteiger partial charge >= 0.3 is 0 Å². The van der Waals surface area contributed by atoms with Gasteiger partial charge in [-0.15, -0.1) is 11.3 Å². The molecular formula is C13H14N2O3S2. The molecule has 1 N–H and O–H groups in total. The van der Waals surface area contributed by atoms with Crippen molar-refractivity contribution < 1.29 is 13.2 Å². The van der Waals surface area contributed by atoms with E-state index >= 15 is 0 Å². The van der Waals surface area contributed by atoms with Crippen LogP contribution >= 0.6 is 11.3 Å². The molecule has 1 amide bonds. The van der Waals surface area contributed by atoms with Crippen LogP contribution in [-0.4, -0.2) is 27.6 Å². The van der Waals surface area contributed by atoms with E-state index in [9.17, 15) is 13.2 Å². The molecule has 0 atom stereocenters. The highest BCUT2D eigenvalue weighted by atomic mass is 32.2. The molecule has 0 spiro atoms. The van der Waals surface area contributed by atoms with Gasteiger partial charge in [-0.1, -0.05) is 6.07 Å². The van der Waals surface area contributed by atoms with Gasteiger partial charge in [-0.2, -0.15) is 0 Å². The lowest BCUT2D eigenvalue weighted by atomic mass is 10.2. The molecule has 106 valence electrons. The Balaban J connectivity index is 2.11. The van der Waals surface area contributed by atoms with Gasteiger partial charge in [0.15, 0.2) is 0 Å². The summed E-state index contributed by atoms with van der Waals surface area (Å²) < 4.78 is 24.0. The smallest absolute Gasteiger partial charge is 0.265 e. The second-order valence-corrected chi connectivity index (χ2v) is 7.17. The SMILES string of the molecule is CN(c1ccc(NC(=O)c2cccs2)cc1)S(C)(=O)=O. The second-order valence-electron chi connectivity index (χ2n) is 4.21. The number of benzene rings is 1. The van der Waals surface area contributed by atoms with E-state index < -0.39 is 10.0 Å². The molecular weight excluding hydrogens is 296 g/mol. The number of carbonyl (C=O) groups excluding carboxylic acids is 1. The highest BCUT2D eigenvalue weighted by molar-refractivity contribution is 7.92. The van der Waals surface area contributed by atoms with Crippen LogP contribution in [-0.2, 0) is 10.0 Å². The molecule has 7 heteroatoms. The van der Waals surface area contributed by atoms with Gasteiger partial charge in [-0.3, -0.25) is 9.10 Å². The second kappa shape index (κ2) is 5.64. The third kappa shape index (κ3) is 3.37. The van der Waals surface area contributed by atoms with E-state index in [-0.39, 0.29) is 5.91 Å². The van der Waals surface area contributed by atoms with Gasteiger partial charge in [0.05, 0.1) is 16.8 Å². The normalized spacial score (nSPS) is 11.1. The Labute approximate surface area is 121 Å². The topological polar surface area (TPSA) is 66.5 Å². The fourth-order valence-corrected chi connectivity index (χ4v) is 2.67. The number of nitrogens with zero attached hydrogens (tertiary/aromatic N) is 1. The van der Waals surface area contributed by atoms with Crippen LogP contribution in [0.1, 0.15) is 9.67 Å². The minimum Gasteiger partial charge on any atom is -0.321 e. The molecule has 0 aliphatic heterocycles. The van der Waals surface area contributed by atoms with Crippen LogP contribution in [0.3, 0.4) is 0 Å². The van der Waals surface area contributed by atoms with Crippen LogP contribution in [0.2, 0.25) is 0 Å². The van der Waals surface area contributed by atoms with Crippen LogP contribution < -0.4 is 9.62 Å². The van der Waals surface area contributed by atoms with Crippen molar-refractivity contribution in [2.24, 2.45) is 0 Å². The zero-order chi connectivity index (χ0) is 14.8. The minimum atomic E-state index is -3.28. The van der Waals surface area contributed by atoms with Crippen molar-refractivity contribution in [2.75, 3.05) is 22.9 Å². The first-order valence-electron chi connectivity index (χ1n) is 5.77. The third-order valence-corrected chi connectivity index (χ3v) is 4.81. The Morgan fingerprint density at radius 1 is 1.20 bits per heavy atom. The average molecular weight is 310 g/mol. The van der Waals surface area contributed by atoms with Crippen molar-refractivity contribution in [3.8, 4) is 0 Å². The van der Waals surface area contributed by atoms with Crippen molar-refractivity contribution in [1.82, 2.24) is 0 Å². The highest BCUT2D eigenvalue weighted by Crippen LogP contribution is 2.19. The number of rotatable bonds is 4. The fourth-order valence-electron chi connectivity index (χ4n) is 1.55. The van der Waals surface area contributed by atoms with Crippen LogP contribution in [0.15, 0.2) is 41.8 Å². The average Bonchev–Trinajstić information content (AvgIpc) is 2.91. The van der Waals surface area contributed by atoms with Crippen molar-refractivity contribution in [1.29, 1.82) is 0 Å². The Bertz CT molecular complexity index is 692. The van der Waals surface area contributed by atoms with Crippen molar-refractivity contribution in [2.45, 2.75) is 0 Å². The van der Waals surface area contributed by atoms with Crippen LogP contribution in [0.25, 0.3) is 0 Å². The molecule has 2 aromatic rings. The van der Waals surface area contributed by atoms with E-state index in [4.69, 9.17) is 0 Å². The van der Waals surface area contributed by atoms with Gasteiger partial charge in [0, 0.05) is 12.7 Å². The fraction of sp³-hybridized carbons (Fsp3) is 0.154. The molecule has 20 heavy (non-hydrogen) atoms. The molecule has 1 aromatic heterocycles. The van der Waals surface area contributed by atoms with Gasteiger partial charge in [0.25, 0.3) is 5.91 Å². The standard InChI is InChI=1S/C13H14N2O3S2/c1-15(20(2,17)18)11-7-5-10(6-8-11)14-13(16)12-4-3-9-19-12/h3-9H,1-2H3,(H,14,16). The maximum absolute atomic E-state index is 11.8. The first kappa shape index (κ1) is 14.5. The molecule has 0 saturated carbocycles. The summed E-state index contributed by atoms with van der Waals surface area (Å²) in [5.74, 6) is -0.177. The maximum Gasteiger partial charge on any atom is 0.265 e. The van der Waals surface area contributed by atoms with E-state index in [2.05, 4.69) is 5.32 Å². The maximum atomic E-state index is 11.8. The molecule has 0 fully saturated rings. The third-order valence-electron chi connectivity index (χ3n) is 2.73. The number of hydrogen-bond donors (Lipinski definition) is 1. The van der Waals surface area contributed by atoms with Crippen LogP contribution in [0.5, 0.6) is 0 Å². The van der Waals surface area contributed by atoms with E-state index in [0.717, 1.165) is 6.26 Å². The number of carbonyl (C=O) groups is 1. The van der Waals surface area contributed by atoms with Gasteiger partial charge in [0.1, 0.15) is 0 Å². The molecule has 5 nitrogen and oxygen atoms in total. The Kier molecular flexibility index (Phi) is 4.10. The lowest BCUT2D eigenvalue weighted by Gasteiger charge is -2.16. The van der Waals surface area contributed by atoms with Crippen molar-refractivity contribution in [3.05, 3.63) is 46.7 Å². The highest BCUT2D eigenvalue weighted by Gasteiger charge is 2.12. The van der Waals surface area contributed by atoms with Gasteiger partial charge in [0.2, 0.25) is 10.0 Å². The molecule has 0 aliphatic carbocycles. The Morgan fingerprint density at radius 3 is 2.35 bits per heavy atom. The number of anilines is 2. The number of nitrogens with one attached hydrogen (secondary N) is 1. The quantitative estimate of drug-likeness (QED) is 0.943.